The van der Waals surface area contributed by atoms with Gasteiger partial charge in [0.15, 0.2) is 0 Å². The zero-order valence-electron chi connectivity index (χ0n) is 13.6. The highest BCUT2D eigenvalue weighted by Crippen LogP contribution is 2.22. The largest absolute Gasteiger partial charge is 0.350 e. The summed E-state index contributed by atoms with van der Waals surface area (Å²) in [5.74, 6) is -0.134. The van der Waals surface area contributed by atoms with Crippen molar-refractivity contribution in [1.82, 2.24) is 10.2 Å². The van der Waals surface area contributed by atoms with Crippen LogP contribution in [0.4, 0.5) is 0 Å². The Morgan fingerprint density at radius 3 is 2.83 bits per heavy atom. The molecule has 2 aromatic carbocycles. The zero-order chi connectivity index (χ0) is 17.1. The molecule has 0 saturated carbocycles. The van der Waals surface area contributed by atoms with Crippen LogP contribution in [0.3, 0.4) is 0 Å². The third-order valence-corrected chi connectivity index (χ3v) is 5.34. The summed E-state index contributed by atoms with van der Waals surface area (Å²) < 4.78 is 0.845. The van der Waals surface area contributed by atoms with E-state index in [9.17, 15) is 4.79 Å². The summed E-state index contributed by atoms with van der Waals surface area (Å²) >= 11 is 9.49. The van der Waals surface area contributed by atoms with Crippen LogP contribution in [-0.4, -0.2) is 29.9 Å². The van der Waals surface area contributed by atoms with Gasteiger partial charge in [-0.05, 0) is 42.7 Å². The van der Waals surface area contributed by atoms with Gasteiger partial charge in [0.05, 0.1) is 10.6 Å². The molecule has 1 N–H and O–H groups in total. The molecule has 24 heavy (non-hydrogen) atoms. The molecule has 0 radical (unpaired) electrons. The maximum atomic E-state index is 12.4. The van der Waals surface area contributed by atoms with Crippen molar-refractivity contribution < 1.29 is 4.79 Å². The summed E-state index contributed by atoms with van der Waals surface area (Å²) in [7, 11) is 0. The van der Waals surface area contributed by atoms with E-state index in [0.717, 1.165) is 24.0 Å². The van der Waals surface area contributed by atoms with Crippen molar-refractivity contribution in [2.24, 2.45) is 0 Å². The van der Waals surface area contributed by atoms with Gasteiger partial charge in [0, 0.05) is 30.1 Å². The highest BCUT2D eigenvalue weighted by molar-refractivity contribution is 9.10. The number of carbonyl (C=O) groups excluding carboxylic acids is 1. The quantitative estimate of drug-likeness (QED) is 0.820. The number of halogens is 2. The number of hydrogen-bond acceptors (Lipinski definition) is 2. The van der Waals surface area contributed by atoms with E-state index in [-0.39, 0.29) is 11.9 Å². The fourth-order valence-electron chi connectivity index (χ4n) is 3.03. The number of benzene rings is 2. The molecule has 0 aliphatic carbocycles. The predicted octanol–water partition coefficient (Wildman–Crippen LogP) is 4.28. The van der Waals surface area contributed by atoms with Crippen LogP contribution in [0, 0.1) is 0 Å². The Bertz CT molecular complexity index is 750. The maximum absolute atomic E-state index is 12.4. The number of fused-ring (bicyclic) bond motifs is 1. The van der Waals surface area contributed by atoms with Crippen LogP contribution < -0.4 is 5.32 Å². The average Bonchev–Trinajstić information content (AvgIpc) is 2.61. The number of nitrogens with one attached hydrogen (secondary N) is 1. The number of hydrogen-bond donors (Lipinski definition) is 1. The highest BCUT2D eigenvalue weighted by Gasteiger charge is 2.21. The molecule has 1 aliphatic rings. The minimum Gasteiger partial charge on any atom is -0.350 e. The fraction of sp³-hybridized carbons (Fsp3) is 0.316. The lowest BCUT2D eigenvalue weighted by atomic mass is 9.99. The Labute approximate surface area is 156 Å². The van der Waals surface area contributed by atoms with E-state index in [2.05, 4.69) is 57.3 Å². The van der Waals surface area contributed by atoms with Crippen molar-refractivity contribution in [2.45, 2.75) is 25.9 Å². The minimum absolute atomic E-state index is 0.134. The van der Waals surface area contributed by atoms with Crippen LogP contribution >= 0.6 is 27.5 Å². The lowest BCUT2D eigenvalue weighted by molar-refractivity contribution is 0.0932. The molecule has 2 aromatic rings. The summed E-state index contributed by atoms with van der Waals surface area (Å²) in [4.78, 5) is 14.8. The van der Waals surface area contributed by atoms with Crippen molar-refractivity contribution in [1.29, 1.82) is 0 Å². The number of amides is 1. The molecule has 1 aliphatic heterocycles. The summed E-state index contributed by atoms with van der Waals surface area (Å²) in [6.07, 6.45) is 1.06. The minimum atomic E-state index is -0.134. The number of nitrogens with zero attached hydrogens (tertiary/aromatic N) is 1. The first-order chi connectivity index (χ1) is 11.5. The van der Waals surface area contributed by atoms with Crippen molar-refractivity contribution in [3.05, 3.63) is 68.7 Å². The van der Waals surface area contributed by atoms with Crippen LogP contribution in [0.5, 0.6) is 0 Å². The molecule has 0 bridgehead atoms. The van der Waals surface area contributed by atoms with Gasteiger partial charge in [-0.1, -0.05) is 51.8 Å². The van der Waals surface area contributed by atoms with Gasteiger partial charge in [0.25, 0.3) is 5.91 Å². The third-order valence-electron chi connectivity index (χ3n) is 4.51. The van der Waals surface area contributed by atoms with E-state index >= 15 is 0 Å². The Morgan fingerprint density at radius 1 is 1.29 bits per heavy atom. The zero-order valence-corrected chi connectivity index (χ0v) is 15.9. The lowest BCUT2D eigenvalue weighted by Gasteiger charge is -2.33. The van der Waals surface area contributed by atoms with E-state index in [1.807, 2.05) is 6.07 Å². The first-order valence-corrected chi connectivity index (χ1v) is 9.26. The van der Waals surface area contributed by atoms with Gasteiger partial charge in [-0.15, -0.1) is 0 Å². The summed E-state index contributed by atoms with van der Waals surface area (Å²) in [6.45, 7) is 4.71. The van der Waals surface area contributed by atoms with E-state index in [1.54, 1.807) is 12.1 Å². The van der Waals surface area contributed by atoms with Crippen LogP contribution in [0.2, 0.25) is 5.02 Å². The molecule has 1 amide bonds. The lowest BCUT2D eigenvalue weighted by Crippen LogP contribution is -2.44. The molecular formula is C19H20BrClN2O. The topological polar surface area (TPSA) is 32.3 Å². The van der Waals surface area contributed by atoms with Gasteiger partial charge in [0.1, 0.15) is 0 Å². The predicted molar refractivity (Wildman–Crippen MR) is 102 cm³/mol. The monoisotopic (exact) mass is 406 g/mol. The molecule has 5 heteroatoms. The van der Waals surface area contributed by atoms with Crippen LogP contribution in [0.15, 0.2) is 46.9 Å². The van der Waals surface area contributed by atoms with E-state index < -0.39 is 0 Å². The standard InChI is InChI=1S/C19H20BrClN2O/c1-13(23-9-8-14-4-2-3-5-15(14)12-23)11-22-19(24)17-10-16(20)6-7-18(17)21/h2-7,10,13H,8-9,11-12H2,1H3,(H,22,24). The first-order valence-electron chi connectivity index (χ1n) is 8.08. The van der Waals surface area contributed by atoms with Gasteiger partial charge in [0.2, 0.25) is 0 Å². The van der Waals surface area contributed by atoms with Crippen molar-refractivity contribution in [3.63, 3.8) is 0 Å². The summed E-state index contributed by atoms with van der Waals surface area (Å²) in [5.41, 5.74) is 3.32. The summed E-state index contributed by atoms with van der Waals surface area (Å²) in [5, 5.41) is 3.47. The SMILES string of the molecule is CC(CNC(=O)c1cc(Br)ccc1Cl)N1CCc2ccccc2C1. The molecule has 3 nitrogen and oxygen atoms in total. The maximum Gasteiger partial charge on any atom is 0.252 e. The second-order valence-corrected chi connectivity index (χ2v) is 7.50. The van der Waals surface area contributed by atoms with Crippen LogP contribution in [-0.2, 0) is 13.0 Å². The second-order valence-electron chi connectivity index (χ2n) is 6.17. The third kappa shape index (κ3) is 4.00. The Balaban J connectivity index is 1.59. The Kier molecular flexibility index (Phi) is 5.59. The van der Waals surface area contributed by atoms with Gasteiger partial charge in [-0.3, -0.25) is 9.69 Å². The second kappa shape index (κ2) is 7.68. The van der Waals surface area contributed by atoms with E-state index in [1.165, 1.54) is 11.1 Å². The van der Waals surface area contributed by atoms with Crippen molar-refractivity contribution >= 4 is 33.4 Å². The molecule has 1 atom stereocenters. The van der Waals surface area contributed by atoms with Gasteiger partial charge < -0.3 is 5.32 Å². The number of rotatable bonds is 4. The Hall–Kier alpha value is -1.36. The van der Waals surface area contributed by atoms with Gasteiger partial charge in [-0.25, -0.2) is 0 Å². The average molecular weight is 408 g/mol. The smallest absolute Gasteiger partial charge is 0.252 e. The molecule has 126 valence electrons. The molecule has 1 unspecified atom stereocenters. The van der Waals surface area contributed by atoms with Crippen LogP contribution in [0.25, 0.3) is 0 Å². The molecule has 3 rings (SSSR count). The normalized spacial score (nSPS) is 15.6. The van der Waals surface area contributed by atoms with Gasteiger partial charge >= 0.3 is 0 Å². The highest BCUT2D eigenvalue weighted by atomic mass is 79.9. The molecule has 0 fully saturated rings. The van der Waals surface area contributed by atoms with E-state index in [0.29, 0.717) is 17.1 Å². The molecule has 1 heterocycles. The fourth-order valence-corrected chi connectivity index (χ4v) is 3.59. The molecular weight excluding hydrogens is 388 g/mol. The molecule has 0 saturated heterocycles. The van der Waals surface area contributed by atoms with E-state index in [4.69, 9.17) is 11.6 Å². The van der Waals surface area contributed by atoms with Crippen LogP contribution in [0.1, 0.15) is 28.4 Å². The first kappa shape index (κ1) is 17.5. The van der Waals surface area contributed by atoms with Crippen molar-refractivity contribution in [3.8, 4) is 0 Å². The molecule has 0 spiro atoms. The molecule has 0 aromatic heterocycles. The van der Waals surface area contributed by atoms with Gasteiger partial charge in [-0.2, -0.15) is 0 Å². The number of carbonyl (C=O) groups is 1. The summed E-state index contributed by atoms with van der Waals surface area (Å²) in [6, 6.07) is 14.2. The Morgan fingerprint density at radius 2 is 2.04 bits per heavy atom. The van der Waals surface area contributed by atoms with Crippen molar-refractivity contribution in [2.75, 3.05) is 13.1 Å².